The Morgan fingerprint density at radius 3 is 2.52 bits per heavy atom. The van der Waals surface area contributed by atoms with Crippen LogP contribution in [0.3, 0.4) is 0 Å². The number of aliphatic hydroxyl groups excluding tert-OH is 1. The summed E-state index contributed by atoms with van der Waals surface area (Å²) in [6, 6.07) is 13.0. The van der Waals surface area contributed by atoms with Crippen LogP contribution in [-0.2, 0) is 6.61 Å². The second kappa shape index (κ2) is 7.45. The molecule has 2 rings (SSSR count). The van der Waals surface area contributed by atoms with Crippen LogP contribution in [0.4, 0.5) is 0 Å². The molecular formula is C16H17NO2S2. The summed E-state index contributed by atoms with van der Waals surface area (Å²) in [5.41, 5.74) is 7.46. The maximum absolute atomic E-state index is 9.05. The van der Waals surface area contributed by atoms with Gasteiger partial charge in [0.15, 0.2) is 0 Å². The Morgan fingerprint density at radius 2 is 1.95 bits per heavy atom. The lowest BCUT2D eigenvalue weighted by Crippen LogP contribution is -2.12. The lowest BCUT2D eigenvalue weighted by Gasteiger charge is -2.14. The maximum atomic E-state index is 9.05. The Hall–Kier alpha value is -1.56. The van der Waals surface area contributed by atoms with E-state index in [1.54, 1.807) is 11.8 Å². The van der Waals surface area contributed by atoms with E-state index < -0.39 is 0 Å². The SMILES string of the molecule is CCSc1cccc(Oc2ccc(CO)cc2)c1C(N)=S. The van der Waals surface area contributed by atoms with E-state index in [-0.39, 0.29) is 6.61 Å². The van der Waals surface area contributed by atoms with E-state index in [1.807, 2.05) is 42.5 Å². The molecule has 0 amide bonds. The Bertz CT molecular complexity index is 627. The third-order valence-electron chi connectivity index (χ3n) is 2.87. The van der Waals surface area contributed by atoms with Crippen LogP contribution < -0.4 is 10.5 Å². The van der Waals surface area contributed by atoms with Crippen molar-refractivity contribution in [2.24, 2.45) is 5.73 Å². The molecule has 0 spiro atoms. The van der Waals surface area contributed by atoms with Crippen molar-refractivity contribution in [2.45, 2.75) is 18.4 Å². The minimum Gasteiger partial charge on any atom is -0.457 e. The zero-order valence-electron chi connectivity index (χ0n) is 11.7. The molecule has 0 atom stereocenters. The molecule has 0 fully saturated rings. The molecule has 3 nitrogen and oxygen atoms in total. The van der Waals surface area contributed by atoms with Gasteiger partial charge in [-0.2, -0.15) is 0 Å². The number of benzene rings is 2. The molecule has 0 aliphatic rings. The number of ether oxygens (including phenoxy) is 1. The molecule has 0 aromatic heterocycles. The number of aliphatic hydroxyl groups is 1. The smallest absolute Gasteiger partial charge is 0.138 e. The fourth-order valence-corrected chi connectivity index (χ4v) is 3.02. The van der Waals surface area contributed by atoms with Crippen molar-refractivity contribution >= 4 is 29.0 Å². The van der Waals surface area contributed by atoms with Gasteiger partial charge in [0.2, 0.25) is 0 Å². The van der Waals surface area contributed by atoms with Gasteiger partial charge in [0, 0.05) is 4.90 Å². The van der Waals surface area contributed by atoms with Gasteiger partial charge < -0.3 is 15.6 Å². The van der Waals surface area contributed by atoms with Crippen molar-refractivity contribution in [1.82, 2.24) is 0 Å². The highest BCUT2D eigenvalue weighted by Gasteiger charge is 2.13. The van der Waals surface area contributed by atoms with Crippen molar-refractivity contribution < 1.29 is 9.84 Å². The topological polar surface area (TPSA) is 55.5 Å². The van der Waals surface area contributed by atoms with E-state index in [4.69, 9.17) is 27.8 Å². The van der Waals surface area contributed by atoms with E-state index in [1.165, 1.54) is 0 Å². The quantitative estimate of drug-likeness (QED) is 0.628. The van der Waals surface area contributed by atoms with Gasteiger partial charge in [0.1, 0.15) is 16.5 Å². The van der Waals surface area contributed by atoms with Crippen LogP contribution in [0.15, 0.2) is 47.4 Å². The highest BCUT2D eigenvalue weighted by atomic mass is 32.2. The first-order valence-corrected chi connectivity index (χ1v) is 7.98. The Kier molecular flexibility index (Phi) is 5.61. The van der Waals surface area contributed by atoms with E-state index in [0.29, 0.717) is 16.5 Å². The Morgan fingerprint density at radius 1 is 1.24 bits per heavy atom. The van der Waals surface area contributed by atoms with Gasteiger partial charge in [-0.25, -0.2) is 0 Å². The van der Waals surface area contributed by atoms with Gasteiger partial charge in [-0.05, 0) is 35.6 Å². The van der Waals surface area contributed by atoms with Gasteiger partial charge in [-0.1, -0.05) is 37.3 Å². The lowest BCUT2D eigenvalue weighted by molar-refractivity contribution is 0.281. The molecule has 3 N–H and O–H groups in total. The molecule has 21 heavy (non-hydrogen) atoms. The minimum absolute atomic E-state index is 0.0149. The standard InChI is InChI=1S/C16H17NO2S2/c1-2-21-14-5-3-4-13(15(14)16(17)20)19-12-8-6-11(10-18)7-9-12/h3-9,18H,2,10H2,1H3,(H2,17,20). The molecule has 0 saturated carbocycles. The second-order valence-corrected chi connectivity index (χ2v) is 6.08. The summed E-state index contributed by atoms with van der Waals surface area (Å²) in [7, 11) is 0. The normalized spacial score (nSPS) is 10.4. The molecule has 0 saturated heterocycles. The van der Waals surface area contributed by atoms with Gasteiger partial charge in [-0.3, -0.25) is 0 Å². The van der Waals surface area contributed by atoms with Gasteiger partial charge in [-0.15, -0.1) is 11.8 Å². The Labute approximate surface area is 134 Å². The predicted molar refractivity (Wildman–Crippen MR) is 91.2 cm³/mol. The third kappa shape index (κ3) is 3.97. The van der Waals surface area contributed by atoms with E-state index in [2.05, 4.69) is 6.92 Å². The Balaban J connectivity index is 2.33. The maximum Gasteiger partial charge on any atom is 0.138 e. The number of nitrogens with two attached hydrogens (primary N) is 1. The van der Waals surface area contributed by atoms with Crippen LogP contribution in [-0.4, -0.2) is 15.8 Å². The highest BCUT2D eigenvalue weighted by molar-refractivity contribution is 7.99. The first kappa shape index (κ1) is 15.8. The fourth-order valence-electron chi connectivity index (χ4n) is 1.90. The van der Waals surface area contributed by atoms with Crippen LogP contribution in [0.1, 0.15) is 18.1 Å². The van der Waals surface area contributed by atoms with Crippen molar-refractivity contribution in [3.05, 3.63) is 53.6 Å². The van der Waals surface area contributed by atoms with Crippen LogP contribution in [0, 0.1) is 0 Å². The van der Waals surface area contributed by atoms with Crippen LogP contribution in [0.5, 0.6) is 11.5 Å². The summed E-state index contributed by atoms with van der Waals surface area (Å²) in [6.07, 6.45) is 0. The molecule has 0 radical (unpaired) electrons. The molecule has 110 valence electrons. The van der Waals surface area contributed by atoms with Gasteiger partial charge >= 0.3 is 0 Å². The van der Waals surface area contributed by atoms with Gasteiger partial charge in [0.25, 0.3) is 0 Å². The number of hydrogen-bond acceptors (Lipinski definition) is 4. The first-order valence-electron chi connectivity index (χ1n) is 6.59. The molecule has 0 bridgehead atoms. The molecule has 0 heterocycles. The van der Waals surface area contributed by atoms with E-state index in [0.717, 1.165) is 21.8 Å². The number of hydrogen-bond donors (Lipinski definition) is 2. The average Bonchev–Trinajstić information content (AvgIpc) is 2.48. The minimum atomic E-state index is 0.0149. The number of rotatable bonds is 6. The molecular weight excluding hydrogens is 302 g/mol. The van der Waals surface area contributed by atoms with Crippen molar-refractivity contribution in [3.63, 3.8) is 0 Å². The summed E-state index contributed by atoms with van der Waals surface area (Å²) < 4.78 is 5.89. The number of thioether (sulfide) groups is 1. The zero-order chi connectivity index (χ0) is 15.2. The molecule has 0 aliphatic carbocycles. The van der Waals surface area contributed by atoms with Crippen LogP contribution in [0.25, 0.3) is 0 Å². The first-order chi connectivity index (χ1) is 10.2. The number of thiocarbonyl (C=S) groups is 1. The lowest BCUT2D eigenvalue weighted by atomic mass is 10.2. The van der Waals surface area contributed by atoms with Crippen molar-refractivity contribution in [1.29, 1.82) is 0 Å². The molecule has 0 unspecified atom stereocenters. The predicted octanol–water partition coefficient (Wildman–Crippen LogP) is 3.72. The summed E-state index contributed by atoms with van der Waals surface area (Å²) in [5.74, 6) is 2.27. The van der Waals surface area contributed by atoms with E-state index in [9.17, 15) is 0 Å². The molecule has 0 aliphatic heterocycles. The molecule has 2 aromatic carbocycles. The van der Waals surface area contributed by atoms with Crippen LogP contribution in [0.2, 0.25) is 0 Å². The summed E-state index contributed by atoms with van der Waals surface area (Å²) in [5, 5.41) is 9.05. The zero-order valence-corrected chi connectivity index (χ0v) is 13.3. The summed E-state index contributed by atoms with van der Waals surface area (Å²) in [4.78, 5) is 1.35. The van der Waals surface area contributed by atoms with E-state index >= 15 is 0 Å². The average molecular weight is 319 g/mol. The highest BCUT2D eigenvalue weighted by Crippen LogP contribution is 2.33. The second-order valence-electron chi connectivity index (χ2n) is 4.33. The molecule has 5 heteroatoms. The van der Waals surface area contributed by atoms with Gasteiger partial charge in [0.05, 0.1) is 12.2 Å². The summed E-state index contributed by atoms with van der Waals surface area (Å²) >= 11 is 6.84. The third-order valence-corrected chi connectivity index (χ3v) is 4.01. The van der Waals surface area contributed by atoms with Crippen molar-refractivity contribution in [2.75, 3.05) is 5.75 Å². The van der Waals surface area contributed by atoms with Crippen molar-refractivity contribution in [3.8, 4) is 11.5 Å². The fraction of sp³-hybridized carbons (Fsp3) is 0.188. The molecule has 2 aromatic rings. The largest absolute Gasteiger partial charge is 0.457 e. The van der Waals surface area contributed by atoms with Crippen LogP contribution >= 0.6 is 24.0 Å². The summed E-state index contributed by atoms with van der Waals surface area (Å²) in [6.45, 7) is 2.09. The monoisotopic (exact) mass is 319 g/mol.